The highest BCUT2D eigenvalue weighted by atomic mass is 32.1. The summed E-state index contributed by atoms with van der Waals surface area (Å²) in [6.07, 6.45) is 3.75. The number of hydrogen-bond acceptors (Lipinski definition) is 6. The fourth-order valence-electron chi connectivity index (χ4n) is 2.85. The first-order valence-corrected chi connectivity index (χ1v) is 8.66. The summed E-state index contributed by atoms with van der Waals surface area (Å²) in [5.74, 6) is 0. The van der Waals surface area contributed by atoms with Gasteiger partial charge in [0.2, 0.25) is 0 Å². The Balaban J connectivity index is 1.56. The predicted molar refractivity (Wildman–Crippen MR) is 96.2 cm³/mol. The number of aryl methyl sites for hydroxylation is 1. The maximum atomic E-state index is 4.74. The summed E-state index contributed by atoms with van der Waals surface area (Å²) in [6, 6.07) is 10.1. The topological polar surface area (TPSA) is 74.3 Å². The first-order chi connectivity index (χ1) is 12.3. The van der Waals surface area contributed by atoms with Gasteiger partial charge in [-0.3, -0.25) is 4.68 Å². The minimum atomic E-state index is 0.619. The molecule has 0 unspecified atom stereocenters. The Morgan fingerprint density at radius 1 is 1.12 bits per heavy atom. The van der Waals surface area contributed by atoms with Crippen LogP contribution in [-0.2, 0) is 13.6 Å². The first-order valence-electron chi connectivity index (χ1n) is 7.78. The van der Waals surface area contributed by atoms with Crippen molar-refractivity contribution in [3.05, 3.63) is 53.8 Å². The van der Waals surface area contributed by atoms with E-state index >= 15 is 0 Å². The van der Waals surface area contributed by atoms with Crippen LogP contribution in [-0.4, -0.2) is 34.7 Å². The number of benzene rings is 1. The van der Waals surface area contributed by atoms with E-state index in [1.807, 2.05) is 41.6 Å². The van der Waals surface area contributed by atoms with E-state index in [0.717, 1.165) is 33.5 Å². The minimum absolute atomic E-state index is 0.619. The largest absolute Gasteiger partial charge is 0.275 e. The molecule has 0 radical (unpaired) electrons. The molecule has 0 fully saturated rings. The molecule has 0 saturated heterocycles. The summed E-state index contributed by atoms with van der Waals surface area (Å²) in [4.78, 5) is 9.06. The quantitative estimate of drug-likeness (QED) is 0.502. The molecule has 25 heavy (non-hydrogen) atoms. The maximum Gasteiger partial charge on any atom is 0.179 e. The fraction of sp³-hybridized carbons (Fsp3) is 0.118. The molecule has 5 rings (SSSR count). The van der Waals surface area contributed by atoms with E-state index in [4.69, 9.17) is 4.98 Å². The van der Waals surface area contributed by atoms with Gasteiger partial charge in [-0.25, -0.2) is 14.6 Å². The second-order valence-electron chi connectivity index (χ2n) is 5.84. The highest BCUT2D eigenvalue weighted by molar-refractivity contribution is 7.16. The van der Waals surface area contributed by atoms with E-state index in [2.05, 4.69) is 32.5 Å². The van der Waals surface area contributed by atoms with E-state index in [1.54, 1.807) is 22.2 Å². The molecule has 0 atom stereocenters. The molecule has 0 aliphatic carbocycles. The van der Waals surface area contributed by atoms with Crippen LogP contribution in [0.3, 0.4) is 0 Å². The molecule has 0 saturated carbocycles. The zero-order valence-corrected chi connectivity index (χ0v) is 14.2. The zero-order chi connectivity index (χ0) is 16.8. The van der Waals surface area contributed by atoms with E-state index in [0.29, 0.717) is 6.54 Å². The summed E-state index contributed by atoms with van der Waals surface area (Å²) in [5.41, 5.74) is 7.43. The number of nitrogens with zero attached hydrogens (tertiary/aromatic N) is 7. The molecule has 0 aliphatic rings. The van der Waals surface area contributed by atoms with Crippen molar-refractivity contribution < 1.29 is 0 Å². The lowest BCUT2D eigenvalue weighted by Crippen LogP contribution is -2.03. The van der Waals surface area contributed by atoms with Crippen molar-refractivity contribution in [1.29, 1.82) is 0 Å². The van der Waals surface area contributed by atoms with E-state index in [-0.39, 0.29) is 0 Å². The Labute approximate surface area is 146 Å². The third kappa shape index (κ3) is 2.47. The Bertz CT molecular complexity index is 1200. The van der Waals surface area contributed by atoms with Crippen LogP contribution in [0.25, 0.3) is 32.6 Å². The fourth-order valence-corrected chi connectivity index (χ4v) is 3.59. The van der Waals surface area contributed by atoms with Crippen LogP contribution in [0.1, 0.15) is 5.56 Å². The highest BCUT2D eigenvalue weighted by Gasteiger charge is 2.10. The Kier molecular flexibility index (Phi) is 3.10. The summed E-state index contributed by atoms with van der Waals surface area (Å²) in [7, 11) is 1.89. The maximum absolute atomic E-state index is 4.74. The van der Waals surface area contributed by atoms with Crippen molar-refractivity contribution in [3.63, 3.8) is 0 Å². The van der Waals surface area contributed by atoms with Gasteiger partial charge in [0, 0.05) is 18.8 Å². The third-order valence-corrected chi connectivity index (χ3v) is 4.88. The molecule has 1 aromatic carbocycles. The van der Waals surface area contributed by atoms with Gasteiger partial charge in [-0.05, 0) is 29.8 Å². The smallest absolute Gasteiger partial charge is 0.179 e. The van der Waals surface area contributed by atoms with Gasteiger partial charge in [-0.2, -0.15) is 5.10 Å². The lowest BCUT2D eigenvalue weighted by molar-refractivity contribution is 0.665. The number of hydrogen-bond donors (Lipinski definition) is 0. The summed E-state index contributed by atoms with van der Waals surface area (Å²) in [5, 5.41) is 12.7. The molecule has 0 bridgehead atoms. The lowest BCUT2D eigenvalue weighted by atomic mass is 10.2. The Morgan fingerprint density at radius 2 is 2.04 bits per heavy atom. The van der Waals surface area contributed by atoms with Crippen molar-refractivity contribution in [2.75, 3.05) is 0 Å². The van der Waals surface area contributed by atoms with Gasteiger partial charge < -0.3 is 0 Å². The summed E-state index contributed by atoms with van der Waals surface area (Å²) >= 11 is 1.64. The van der Waals surface area contributed by atoms with E-state index in [1.165, 1.54) is 4.70 Å². The van der Waals surface area contributed by atoms with Crippen molar-refractivity contribution in [2.45, 2.75) is 6.54 Å². The third-order valence-electron chi connectivity index (χ3n) is 4.09. The number of thiazole rings is 1. The monoisotopic (exact) mass is 347 g/mol. The molecule has 8 heteroatoms. The van der Waals surface area contributed by atoms with Crippen LogP contribution in [0, 0.1) is 0 Å². The van der Waals surface area contributed by atoms with E-state index < -0.39 is 0 Å². The summed E-state index contributed by atoms with van der Waals surface area (Å²) in [6.45, 7) is 0.619. The van der Waals surface area contributed by atoms with Crippen LogP contribution in [0.5, 0.6) is 0 Å². The average molecular weight is 347 g/mol. The van der Waals surface area contributed by atoms with Gasteiger partial charge in [0.1, 0.15) is 5.52 Å². The summed E-state index contributed by atoms with van der Waals surface area (Å²) < 4.78 is 4.77. The number of fused-ring (bicyclic) bond motifs is 2. The van der Waals surface area contributed by atoms with Gasteiger partial charge in [0.05, 0.1) is 34.2 Å². The molecule has 4 aromatic heterocycles. The molecule has 0 spiro atoms. The van der Waals surface area contributed by atoms with Crippen LogP contribution >= 0.6 is 11.3 Å². The Morgan fingerprint density at radius 3 is 2.92 bits per heavy atom. The SMILES string of the molecule is Cn1cc(-c2ccc3nnn(Cc4ccc5ncsc5c4)c3n2)cn1. The zero-order valence-electron chi connectivity index (χ0n) is 13.4. The van der Waals surface area contributed by atoms with Gasteiger partial charge in [0.15, 0.2) is 5.65 Å². The molecule has 5 aromatic rings. The van der Waals surface area contributed by atoms with Gasteiger partial charge in [-0.1, -0.05) is 11.3 Å². The standard InChI is InChI=1S/C17H13N7S/c1-23-9-12(7-19-23)13-4-5-15-17(20-13)24(22-21-15)8-11-2-3-14-16(6-11)25-10-18-14/h2-7,9-10H,8H2,1H3. The number of rotatable bonds is 3. The van der Waals surface area contributed by atoms with Crippen molar-refractivity contribution in [1.82, 2.24) is 34.7 Å². The molecule has 122 valence electrons. The lowest BCUT2D eigenvalue weighted by Gasteiger charge is -2.03. The van der Waals surface area contributed by atoms with Crippen molar-refractivity contribution >= 4 is 32.7 Å². The highest BCUT2D eigenvalue weighted by Crippen LogP contribution is 2.22. The predicted octanol–water partition coefficient (Wildman–Crippen LogP) is 2.88. The van der Waals surface area contributed by atoms with Crippen LogP contribution in [0.4, 0.5) is 0 Å². The van der Waals surface area contributed by atoms with Crippen LogP contribution in [0.2, 0.25) is 0 Å². The molecule has 4 heterocycles. The second kappa shape index (κ2) is 5.45. The van der Waals surface area contributed by atoms with Gasteiger partial charge in [-0.15, -0.1) is 16.4 Å². The molecule has 7 nitrogen and oxygen atoms in total. The van der Waals surface area contributed by atoms with Crippen molar-refractivity contribution in [2.24, 2.45) is 7.05 Å². The van der Waals surface area contributed by atoms with Crippen molar-refractivity contribution in [3.8, 4) is 11.3 Å². The average Bonchev–Trinajstić information content (AvgIpc) is 3.34. The molecule has 0 N–H and O–H groups in total. The second-order valence-corrected chi connectivity index (χ2v) is 6.73. The Hall–Kier alpha value is -3.13. The molecule has 0 aliphatic heterocycles. The molecular weight excluding hydrogens is 334 g/mol. The number of pyridine rings is 1. The first kappa shape index (κ1) is 14.2. The number of aromatic nitrogens is 7. The molecular formula is C17H13N7S. The normalized spacial score (nSPS) is 11.6. The van der Waals surface area contributed by atoms with E-state index in [9.17, 15) is 0 Å². The van der Waals surface area contributed by atoms with Crippen LogP contribution in [0.15, 0.2) is 48.2 Å². The minimum Gasteiger partial charge on any atom is -0.275 e. The molecule has 0 amide bonds. The van der Waals surface area contributed by atoms with Gasteiger partial charge in [0.25, 0.3) is 0 Å². The van der Waals surface area contributed by atoms with Gasteiger partial charge >= 0.3 is 0 Å². The van der Waals surface area contributed by atoms with Crippen LogP contribution < -0.4 is 0 Å².